The number of furan rings is 1. The summed E-state index contributed by atoms with van der Waals surface area (Å²) in [5.74, 6) is -0.671. The molecule has 45 heavy (non-hydrogen) atoms. The van der Waals surface area contributed by atoms with Crippen molar-refractivity contribution >= 4 is 46.6 Å². The molecule has 1 aliphatic rings. The van der Waals surface area contributed by atoms with Crippen LogP contribution in [0.2, 0.25) is 5.02 Å². The number of carboxylic acids is 1. The number of para-hydroxylation sites is 1. The van der Waals surface area contributed by atoms with Crippen LogP contribution in [0.15, 0.2) is 104 Å². The maximum Gasteiger partial charge on any atom is 0.337 e. The molecule has 0 fully saturated rings. The number of anilines is 1. The number of hydrogen-bond acceptors (Lipinski definition) is 8. The number of carbonyl (C=O) groups is 2. The van der Waals surface area contributed by atoms with Gasteiger partial charge in [0.1, 0.15) is 11.5 Å². The van der Waals surface area contributed by atoms with Crippen molar-refractivity contribution in [3.05, 3.63) is 132 Å². The van der Waals surface area contributed by atoms with E-state index in [1.165, 1.54) is 29.9 Å². The Balaban J connectivity index is 1.45. The Morgan fingerprint density at radius 3 is 2.58 bits per heavy atom. The molecule has 5 aromatic rings. The molecule has 0 unspecified atom stereocenters. The maximum atomic E-state index is 14.0. The van der Waals surface area contributed by atoms with E-state index in [1.54, 1.807) is 67.6 Å². The zero-order valence-corrected chi connectivity index (χ0v) is 25.3. The number of phenolic OH excluding ortho intramolecular Hbond substituents is 1. The Kier molecular flexibility index (Phi) is 7.88. The van der Waals surface area contributed by atoms with Gasteiger partial charge in [0.15, 0.2) is 16.3 Å². The fourth-order valence-corrected chi connectivity index (χ4v) is 6.36. The van der Waals surface area contributed by atoms with Crippen molar-refractivity contribution in [1.82, 2.24) is 4.57 Å². The van der Waals surface area contributed by atoms with Crippen molar-refractivity contribution in [2.24, 2.45) is 4.99 Å². The summed E-state index contributed by atoms with van der Waals surface area (Å²) in [7, 11) is 1.42. The van der Waals surface area contributed by atoms with Gasteiger partial charge in [0.25, 0.3) is 11.5 Å². The number of rotatable bonds is 7. The number of fused-ring (bicyclic) bond motifs is 1. The number of aromatic hydroxyl groups is 1. The average Bonchev–Trinajstić information content (AvgIpc) is 3.61. The Morgan fingerprint density at radius 2 is 1.87 bits per heavy atom. The molecule has 1 aliphatic heterocycles. The number of aromatic nitrogens is 1. The van der Waals surface area contributed by atoms with Crippen LogP contribution in [-0.2, 0) is 4.79 Å². The van der Waals surface area contributed by atoms with E-state index in [2.05, 4.69) is 10.3 Å². The van der Waals surface area contributed by atoms with E-state index in [0.29, 0.717) is 43.4 Å². The fourth-order valence-electron chi connectivity index (χ4n) is 5.07. The van der Waals surface area contributed by atoms with Crippen LogP contribution in [0.25, 0.3) is 17.4 Å². The second-order valence-corrected chi connectivity index (χ2v) is 11.5. The third kappa shape index (κ3) is 5.66. The Bertz CT molecular complexity index is 2200. The van der Waals surface area contributed by atoms with Crippen molar-refractivity contribution in [1.29, 1.82) is 0 Å². The molecule has 0 saturated heterocycles. The van der Waals surface area contributed by atoms with Gasteiger partial charge in [0, 0.05) is 17.3 Å². The summed E-state index contributed by atoms with van der Waals surface area (Å²) < 4.78 is 13.1. The third-order valence-corrected chi connectivity index (χ3v) is 8.50. The van der Waals surface area contributed by atoms with E-state index >= 15 is 0 Å². The monoisotopic (exact) mass is 641 g/mol. The first-order chi connectivity index (χ1) is 21.6. The van der Waals surface area contributed by atoms with Gasteiger partial charge in [-0.05, 0) is 61.0 Å². The van der Waals surface area contributed by atoms with E-state index in [4.69, 9.17) is 20.8 Å². The summed E-state index contributed by atoms with van der Waals surface area (Å²) in [6.45, 7) is 1.71. The third-order valence-electron chi connectivity index (χ3n) is 7.20. The molecule has 3 heterocycles. The summed E-state index contributed by atoms with van der Waals surface area (Å²) in [6, 6.07) is 20.6. The Hall–Kier alpha value is -5.39. The number of thiazole rings is 1. The minimum Gasteiger partial charge on any atom is -0.504 e. The standard InChI is InChI=1S/C33H24ClN3O7S/c1-17-28(30(39)36-20-6-4-3-5-7-20)29(19-9-12-24(38)26(15-19)43-2)37-31(40)27(45-33(37)35-17)16-21-10-13-25(44-21)18-8-11-22(32(41)42)23(34)14-18/h3-16,29,38H,1-2H3,(H,36,39)(H,41,42)/b27-16-/t29-/m1/s1. The molecule has 0 spiro atoms. The van der Waals surface area contributed by atoms with E-state index < -0.39 is 23.5 Å². The minimum absolute atomic E-state index is 0.0266. The summed E-state index contributed by atoms with van der Waals surface area (Å²) in [6.07, 6.45) is 1.58. The van der Waals surface area contributed by atoms with Gasteiger partial charge in [0.2, 0.25) is 0 Å². The van der Waals surface area contributed by atoms with E-state index in [0.717, 1.165) is 11.3 Å². The highest BCUT2D eigenvalue weighted by molar-refractivity contribution is 7.07. The molecule has 12 heteroatoms. The highest BCUT2D eigenvalue weighted by atomic mass is 35.5. The molecule has 0 saturated carbocycles. The second kappa shape index (κ2) is 11.9. The lowest BCUT2D eigenvalue weighted by atomic mass is 9.94. The van der Waals surface area contributed by atoms with Crippen LogP contribution in [0.1, 0.15) is 34.6 Å². The number of nitrogens with one attached hydrogen (secondary N) is 1. The molecule has 1 amide bonds. The van der Waals surface area contributed by atoms with Gasteiger partial charge >= 0.3 is 5.97 Å². The number of carboxylic acid groups (broad SMARTS) is 1. The van der Waals surface area contributed by atoms with Crippen molar-refractivity contribution in [2.75, 3.05) is 12.4 Å². The predicted octanol–water partition coefficient (Wildman–Crippen LogP) is 5.20. The lowest BCUT2D eigenvalue weighted by Crippen LogP contribution is -2.40. The van der Waals surface area contributed by atoms with Crippen LogP contribution in [0.5, 0.6) is 11.5 Å². The van der Waals surface area contributed by atoms with Crippen LogP contribution in [0.3, 0.4) is 0 Å². The van der Waals surface area contributed by atoms with Crippen LogP contribution in [0.4, 0.5) is 5.69 Å². The van der Waals surface area contributed by atoms with Crippen LogP contribution in [0, 0.1) is 0 Å². The number of benzene rings is 3. The van der Waals surface area contributed by atoms with Crippen LogP contribution < -0.4 is 24.9 Å². The summed E-state index contributed by atoms with van der Waals surface area (Å²) in [4.78, 5) is 44.1. The first-order valence-electron chi connectivity index (χ1n) is 13.5. The quantitative estimate of drug-likeness (QED) is 0.222. The number of methoxy groups -OCH3 is 1. The first-order valence-corrected chi connectivity index (χ1v) is 14.7. The summed E-state index contributed by atoms with van der Waals surface area (Å²) >= 11 is 7.27. The zero-order valence-electron chi connectivity index (χ0n) is 23.8. The minimum atomic E-state index is -1.14. The highest BCUT2D eigenvalue weighted by Crippen LogP contribution is 2.36. The van der Waals surface area contributed by atoms with Crippen molar-refractivity contribution in [3.8, 4) is 22.8 Å². The molecule has 226 valence electrons. The van der Waals surface area contributed by atoms with Crippen molar-refractivity contribution < 1.29 is 29.0 Å². The normalized spacial score (nSPS) is 14.6. The summed E-state index contributed by atoms with van der Waals surface area (Å²) in [5, 5.41) is 22.5. The van der Waals surface area contributed by atoms with Gasteiger partial charge in [-0.2, -0.15) is 0 Å². The molecule has 0 bridgehead atoms. The number of ether oxygens (including phenoxy) is 1. The Morgan fingerprint density at radius 1 is 1.09 bits per heavy atom. The van der Waals surface area contributed by atoms with E-state index in [-0.39, 0.29) is 27.7 Å². The zero-order chi connectivity index (χ0) is 31.8. The molecule has 3 aromatic carbocycles. The number of halogens is 1. The molecule has 0 radical (unpaired) electrons. The Labute approximate surface area is 264 Å². The predicted molar refractivity (Wildman–Crippen MR) is 170 cm³/mol. The number of carbonyl (C=O) groups excluding carboxylic acids is 1. The highest BCUT2D eigenvalue weighted by Gasteiger charge is 2.33. The SMILES string of the molecule is COc1cc([C@@H]2C(C(=O)Nc3ccccc3)=C(C)N=c3s/c(=C\c4ccc(-c5ccc(C(=O)O)c(Cl)c5)o4)c(=O)n32)ccc1O. The lowest BCUT2D eigenvalue weighted by molar-refractivity contribution is -0.113. The number of hydrogen-bond donors (Lipinski definition) is 3. The van der Waals surface area contributed by atoms with E-state index in [9.17, 15) is 24.6 Å². The van der Waals surface area contributed by atoms with Gasteiger partial charge in [-0.1, -0.05) is 53.3 Å². The van der Waals surface area contributed by atoms with Gasteiger partial charge < -0.3 is 24.7 Å². The number of allylic oxidation sites excluding steroid dienone is 1. The van der Waals surface area contributed by atoms with Crippen LogP contribution >= 0.6 is 22.9 Å². The topological polar surface area (TPSA) is 143 Å². The van der Waals surface area contributed by atoms with Crippen LogP contribution in [-0.4, -0.2) is 33.8 Å². The smallest absolute Gasteiger partial charge is 0.337 e. The second-order valence-electron chi connectivity index (χ2n) is 10.0. The molecular weight excluding hydrogens is 618 g/mol. The maximum absolute atomic E-state index is 14.0. The largest absolute Gasteiger partial charge is 0.504 e. The van der Waals surface area contributed by atoms with E-state index in [1.807, 2.05) is 6.07 Å². The number of amides is 1. The number of phenols is 1. The lowest BCUT2D eigenvalue weighted by Gasteiger charge is -2.25. The molecule has 3 N–H and O–H groups in total. The number of nitrogens with zero attached hydrogens (tertiary/aromatic N) is 2. The molecule has 10 nitrogen and oxygen atoms in total. The molecule has 2 aromatic heterocycles. The van der Waals surface area contributed by atoms with Crippen molar-refractivity contribution in [3.63, 3.8) is 0 Å². The fraction of sp³-hybridized carbons (Fsp3) is 0.0909. The van der Waals surface area contributed by atoms with Gasteiger partial charge in [-0.3, -0.25) is 14.2 Å². The van der Waals surface area contributed by atoms with Crippen molar-refractivity contribution in [2.45, 2.75) is 13.0 Å². The summed E-state index contributed by atoms with van der Waals surface area (Å²) in [5.41, 5.74) is 1.93. The average molecular weight is 642 g/mol. The molecule has 1 atom stereocenters. The van der Waals surface area contributed by atoms with Gasteiger partial charge in [0.05, 0.1) is 39.5 Å². The molecular formula is C33H24ClN3O7S. The molecule has 6 rings (SSSR count). The molecule has 0 aliphatic carbocycles. The first kappa shape index (κ1) is 29.7. The van der Waals surface area contributed by atoms with Gasteiger partial charge in [-0.15, -0.1) is 0 Å². The number of aromatic carboxylic acids is 1. The van der Waals surface area contributed by atoms with Gasteiger partial charge in [-0.25, -0.2) is 9.79 Å².